The van der Waals surface area contributed by atoms with Crippen LogP contribution < -0.4 is 0 Å². The zero-order valence-corrected chi connectivity index (χ0v) is 15.9. The van der Waals surface area contributed by atoms with E-state index in [9.17, 15) is 14.0 Å². The molecule has 3 aliphatic rings. The fourth-order valence-corrected chi connectivity index (χ4v) is 4.60. The Hall–Kier alpha value is -1.91. The Labute approximate surface area is 160 Å². The van der Waals surface area contributed by atoms with E-state index >= 15 is 0 Å². The van der Waals surface area contributed by atoms with Gasteiger partial charge in [-0.25, -0.2) is 4.39 Å². The van der Waals surface area contributed by atoms with Crippen LogP contribution in [0.1, 0.15) is 63.0 Å². The largest absolute Gasteiger partial charge is 0.342 e. The van der Waals surface area contributed by atoms with Gasteiger partial charge in [-0.05, 0) is 56.2 Å². The van der Waals surface area contributed by atoms with Crippen LogP contribution in [-0.2, 0) is 9.59 Å². The Morgan fingerprint density at radius 1 is 0.852 bits per heavy atom. The highest BCUT2D eigenvalue weighted by Gasteiger charge is 2.38. The number of nitrogens with zero attached hydrogens (tertiary/aromatic N) is 2. The van der Waals surface area contributed by atoms with Gasteiger partial charge in [-0.2, -0.15) is 0 Å². The number of amides is 2. The maximum Gasteiger partial charge on any atom is 0.226 e. The summed E-state index contributed by atoms with van der Waals surface area (Å²) in [6.45, 7) is 2.15. The highest BCUT2D eigenvalue weighted by atomic mass is 19.1. The summed E-state index contributed by atoms with van der Waals surface area (Å²) in [4.78, 5) is 29.5. The summed E-state index contributed by atoms with van der Waals surface area (Å²) in [6.07, 6.45) is 7.66. The van der Waals surface area contributed by atoms with Crippen LogP contribution in [0, 0.1) is 17.7 Å². The summed E-state index contributed by atoms with van der Waals surface area (Å²) in [6, 6.07) is 6.68. The van der Waals surface area contributed by atoms with E-state index in [2.05, 4.69) is 0 Å². The third-order valence-corrected chi connectivity index (χ3v) is 6.35. The van der Waals surface area contributed by atoms with Gasteiger partial charge in [0.05, 0.1) is 6.04 Å². The first-order valence-electron chi connectivity index (χ1n) is 10.5. The van der Waals surface area contributed by atoms with Crippen LogP contribution in [0.4, 0.5) is 4.39 Å². The lowest BCUT2D eigenvalue weighted by Crippen LogP contribution is -2.45. The molecule has 4 rings (SSSR count). The van der Waals surface area contributed by atoms with E-state index in [0.29, 0.717) is 13.1 Å². The normalized spacial score (nSPS) is 24.6. The van der Waals surface area contributed by atoms with Gasteiger partial charge in [-0.3, -0.25) is 9.59 Å². The molecular formula is C22H29FN2O2. The van der Waals surface area contributed by atoms with Gasteiger partial charge in [0.15, 0.2) is 0 Å². The fraction of sp³-hybridized carbons (Fsp3) is 0.636. The highest BCUT2D eigenvalue weighted by molar-refractivity contribution is 5.82. The molecule has 1 atom stereocenters. The lowest BCUT2D eigenvalue weighted by molar-refractivity contribution is -0.143. The number of carbonyl (C=O) groups excluding carboxylic acids is 2. The first-order chi connectivity index (χ1) is 13.1. The molecule has 0 N–H and O–H groups in total. The highest BCUT2D eigenvalue weighted by Crippen LogP contribution is 2.35. The van der Waals surface area contributed by atoms with Gasteiger partial charge in [0.2, 0.25) is 11.8 Å². The average molecular weight is 372 g/mol. The molecule has 1 aromatic rings. The molecule has 0 radical (unpaired) electrons. The predicted octanol–water partition coefficient (Wildman–Crippen LogP) is 3.92. The van der Waals surface area contributed by atoms with Gasteiger partial charge in [-0.15, -0.1) is 0 Å². The van der Waals surface area contributed by atoms with Crippen molar-refractivity contribution in [1.82, 2.24) is 9.80 Å². The molecule has 4 nitrogen and oxygen atoms in total. The zero-order valence-electron chi connectivity index (χ0n) is 15.9. The summed E-state index contributed by atoms with van der Waals surface area (Å²) < 4.78 is 13.8. The van der Waals surface area contributed by atoms with Crippen molar-refractivity contribution >= 4 is 11.8 Å². The molecule has 1 aliphatic carbocycles. The molecule has 2 heterocycles. The molecule has 0 spiro atoms. The van der Waals surface area contributed by atoms with E-state index in [0.717, 1.165) is 63.5 Å². The van der Waals surface area contributed by atoms with Gasteiger partial charge in [0.25, 0.3) is 0 Å². The lowest BCUT2D eigenvalue weighted by atomic mass is 9.93. The van der Waals surface area contributed by atoms with E-state index in [-0.39, 0.29) is 35.5 Å². The van der Waals surface area contributed by atoms with Crippen molar-refractivity contribution in [2.24, 2.45) is 11.8 Å². The standard InChI is InChI=1S/C22H29FN2O2/c23-19-6-4-5-18(15-19)20-7-2-1-3-12-25(20)22(27)17-10-13-24(14-11-17)21(26)16-8-9-16/h4-6,15-17,20H,1-3,7-14H2/t20-/m1/s1. The van der Waals surface area contributed by atoms with E-state index < -0.39 is 0 Å². The van der Waals surface area contributed by atoms with Gasteiger partial charge >= 0.3 is 0 Å². The number of rotatable bonds is 3. The number of benzene rings is 1. The van der Waals surface area contributed by atoms with Crippen molar-refractivity contribution < 1.29 is 14.0 Å². The van der Waals surface area contributed by atoms with E-state index in [1.807, 2.05) is 15.9 Å². The number of likely N-dealkylation sites (tertiary alicyclic amines) is 2. The van der Waals surface area contributed by atoms with Crippen LogP contribution in [0.3, 0.4) is 0 Å². The third kappa shape index (κ3) is 4.17. The zero-order chi connectivity index (χ0) is 18.8. The Bertz CT molecular complexity index is 695. The Morgan fingerprint density at radius 2 is 1.59 bits per heavy atom. The molecule has 3 fully saturated rings. The number of halogens is 1. The SMILES string of the molecule is O=C(C1CC1)N1CCC(C(=O)N2CCCCC[C@@H]2c2cccc(F)c2)CC1. The van der Waals surface area contributed by atoms with Crippen molar-refractivity contribution in [3.8, 4) is 0 Å². The van der Waals surface area contributed by atoms with Crippen LogP contribution in [0.25, 0.3) is 0 Å². The molecule has 2 aliphatic heterocycles. The Morgan fingerprint density at radius 3 is 2.30 bits per heavy atom. The smallest absolute Gasteiger partial charge is 0.226 e. The second-order valence-electron chi connectivity index (χ2n) is 8.33. The minimum Gasteiger partial charge on any atom is -0.342 e. The number of hydrogen-bond acceptors (Lipinski definition) is 2. The summed E-state index contributed by atoms with van der Waals surface area (Å²) in [5, 5.41) is 0. The third-order valence-electron chi connectivity index (χ3n) is 6.35. The van der Waals surface area contributed by atoms with Crippen molar-refractivity contribution in [1.29, 1.82) is 0 Å². The first-order valence-corrected chi connectivity index (χ1v) is 10.5. The van der Waals surface area contributed by atoms with E-state index in [1.54, 1.807) is 12.1 Å². The van der Waals surface area contributed by atoms with Crippen LogP contribution in [-0.4, -0.2) is 41.2 Å². The van der Waals surface area contributed by atoms with E-state index in [1.165, 1.54) is 6.07 Å². The molecule has 1 aromatic carbocycles. The van der Waals surface area contributed by atoms with E-state index in [4.69, 9.17) is 0 Å². The summed E-state index contributed by atoms with van der Waals surface area (Å²) in [7, 11) is 0. The number of piperidine rings is 1. The van der Waals surface area contributed by atoms with Crippen LogP contribution in [0.2, 0.25) is 0 Å². The molecule has 2 amide bonds. The topological polar surface area (TPSA) is 40.6 Å². The minimum atomic E-state index is -0.240. The molecule has 0 bridgehead atoms. The summed E-state index contributed by atoms with van der Waals surface area (Å²) in [5.41, 5.74) is 0.909. The quantitative estimate of drug-likeness (QED) is 0.807. The average Bonchev–Trinajstić information content (AvgIpc) is 3.53. The van der Waals surface area contributed by atoms with Gasteiger partial charge in [-0.1, -0.05) is 25.0 Å². The molecule has 27 heavy (non-hydrogen) atoms. The number of carbonyl (C=O) groups is 2. The second kappa shape index (κ2) is 7.99. The summed E-state index contributed by atoms with van der Waals surface area (Å²) >= 11 is 0. The van der Waals surface area contributed by atoms with Crippen LogP contribution in [0.15, 0.2) is 24.3 Å². The fourth-order valence-electron chi connectivity index (χ4n) is 4.60. The second-order valence-corrected chi connectivity index (χ2v) is 8.33. The van der Waals surface area contributed by atoms with Crippen molar-refractivity contribution in [2.75, 3.05) is 19.6 Å². The number of hydrogen-bond donors (Lipinski definition) is 0. The molecular weight excluding hydrogens is 343 g/mol. The molecule has 146 valence electrons. The maximum atomic E-state index is 13.8. The molecule has 1 saturated carbocycles. The van der Waals surface area contributed by atoms with Gasteiger partial charge in [0, 0.05) is 31.5 Å². The Balaban J connectivity index is 1.44. The lowest BCUT2D eigenvalue weighted by Gasteiger charge is -2.37. The Kier molecular flexibility index (Phi) is 5.46. The molecule has 0 aromatic heterocycles. The van der Waals surface area contributed by atoms with Gasteiger partial charge in [0.1, 0.15) is 5.82 Å². The van der Waals surface area contributed by atoms with Gasteiger partial charge < -0.3 is 9.80 Å². The monoisotopic (exact) mass is 372 g/mol. The molecule has 2 saturated heterocycles. The van der Waals surface area contributed by atoms with Crippen LogP contribution in [0.5, 0.6) is 0 Å². The van der Waals surface area contributed by atoms with Crippen molar-refractivity contribution in [3.63, 3.8) is 0 Å². The minimum absolute atomic E-state index is 0.0117. The first kappa shape index (κ1) is 18.5. The summed E-state index contributed by atoms with van der Waals surface area (Å²) in [5.74, 6) is 0.483. The molecule has 5 heteroatoms. The van der Waals surface area contributed by atoms with Crippen LogP contribution >= 0.6 is 0 Å². The molecule has 0 unspecified atom stereocenters. The maximum absolute atomic E-state index is 13.8. The predicted molar refractivity (Wildman–Crippen MR) is 101 cm³/mol. The van der Waals surface area contributed by atoms with Crippen molar-refractivity contribution in [2.45, 2.75) is 57.4 Å². The van der Waals surface area contributed by atoms with Crippen molar-refractivity contribution in [3.05, 3.63) is 35.6 Å².